The Balaban J connectivity index is 0.000000199. The number of carboxylic acid groups (broad SMARTS) is 4. The van der Waals surface area contributed by atoms with Gasteiger partial charge >= 0.3 is 56.9 Å². The molecule has 23 heteroatoms. The number of ether oxygens (including phenoxy) is 6. The van der Waals surface area contributed by atoms with Crippen LogP contribution in [0.15, 0.2) is 0 Å². The maximum absolute atomic E-state index is 12.1. The van der Waals surface area contributed by atoms with E-state index in [1.165, 1.54) is 12.8 Å². The number of carbonyl (C=O) groups is 6. The molecule has 18 atom stereocenters. The van der Waals surface area contributed by atoms with Crippen molar-refractivity contribution < 1.29 is 118 Å². The van der Waals surface area contributed by atoms with E-state index in [0.717, 1.165) is 51.4 Å². The van der Waals surface area contributed by atoms with Crippen molar-refractivity contribution in [2.75, 3.05) is 0 Å². The first-order valence-electron chi connectivity index (χ1n) is 24.1. The van der Waals surface area contributed by atoms with E-state index in [2.05, 4.69) is 13.8 Å². The molecule has 6 N–H and O–H groups in total. The molecule has 3 saturated carbocycles. The summed E-state index contributed by atoms with van der Waals surface area (Å²) >= 11 is 0. The molecule has 18 unspecified atom stereocenters. The summed E-state index contributed by atoms with van der Waals surface area (Å²) in [7, 11) is 0. The van der Waals surface area contributed by atoms with Crippen LogP contribution in [0.5, 0.6) is 0 Å². The molecule has 0 aromatic heterocycles. The van der Waals surface area contributed by atoms with Gasteiger partial charge in [-0.3, -0.25) is 19.2 Å². The third kappa shape index (κ3) is 12.5. The van der Waals surface area contributed by atoms with Gasteiger partial charge in [0.25, 0.3) is 0 Å². The van der Waals surface area contributed by atoms with E-state index in [-0.39, 0.29) is 94.3 Å². The summed E-state index contributed by atoms with van der Waals surface area (Å²) in [4.78, 5) is 87.2. The quantitative estimate of drug-likeness (QED) is 0.111. The van der Waals surface area contributed by atoms with Gasteiger partial charge < -0.3 is 60.3 Å². The molecule has 8 heterocycles. The van der Waals surface area contributed by atoms with Crippen LogP contribution in [-0.2, 0) is 97.8 Å². The number of esters is 2. The van der Waals surface area contributed by atoms with Crippen molar-refractivity contribution in [1.82, 2.24) is 0 Å². The van der Waals surface area contributed by atoms with Crippen LogP contribution < -0.4 is 0 Å². The van der Waals surface area contributed by atoms with Crippen LogP contribution in [0.3, 0.4) is 0 Å². The molecule has 0 aromatic rings. The third-order valence-electron chi connectivity index (χ3n) is 15.7. The Morgan fingerprint density at radius 3 is 1.20 bits per heavy atom. The van der Waals surface area contributed by atoms with Crippen molar-refractivity contribution in [2.45, 2.75) is 204 Å². The van der Waals surface area contributed by atoms with Crippen LogP contribution in [0.25, 0.3) is 11.5 Å². The van der Waals surface area contributed by atoms with Crippen LogP contribution in [0, 0.1) is 47.3 Å². The van der Waals surface area contributed by atoms with E-state index in [4.69, 9.17) is 89.5 Å². The third-order valence-corrected chi connectivity index (χ3v) is 15.7. The zero-order chi connectivity index (χ0) is 49.9. The van der Waals surface area contributed by atoms with Crippen LogP contribution in [0.2, 0.25) is 0 Å². The van der Waals surface area contributed by atoms with Crippen molar-refractivity contribution >= 4 is 35.8 Å². The Hall–Kier alpha value is -2.89. The summed E-state index contributed by atoms with van der Waals surface area (Å²) in [5, 5.41) is 32.3. The molecule has 4 bridgehead atoms. The Kier molecular flexibility index (Phi) is 19.3. The van der Waals surface area contributed by atoms with Crippen molar-refractivity contribution in [3.05, 3.63) is 11.5 Å². The molecular formula is C46H70N2O20Pt. The predicted molar refractivity (Wildman–Crippen MR) is 230 cm³/mol. The second-order valence-corrected chi connectivity index (χ2v) is 20.4. The summed E-state index contributed by atoms with van der Waals surface area (Å²) in [6.07, 6.45) is 7.68. The normalized spacial score (nSPS) is 43.1. The summed E-state index contributed by atoms with van der Waals surface area (Å²) in [6, 6.07) is -0.160. The summed E-state index contributed by atoms with van der Waals surface area (Å²) in [6.45, 7) is 12.1. The Labute approximate surface area is 415 Å². The molecule has 0 radical (unpaired) electrons. The molecule has 0 amide bonds. The van der Waals surface area contributed by atoms with Gasteiger partial charge in [0.2, 0.25) is 24.2 Å². The minimum absolute atomic E-state index is 0. The fourth-order valence-electron chi connectivity index (χ4n) is 11.9. The van der Waals surface area contributed by atoms with Gasteiger partial charge in [-0.05, 0) is 76.0 Å². The number of aliphatic carboxylic acids is 4. The zero-order valence-corrected chi connectivity index (χ0v) is 42.3. The molecule has 8 aliphatic heterocycles. The van der Waals surface area contributed by atoms with Crippen LogP contribution in [0.4, 0.5) is 0 Å². The SMILES string of the molecule is CC1CCC2C(C)C(OC(=O)CCC(=O)O)OC3OC4(C)CCC1C32OO4.CC1CCC2C(C)C(OC(=O)CCC(=O)O)OC3OC4(C)CCC1C32OO4.O=C(O)C(=O)O.[NH-]C1CCCCC1[NH-].[Pt+2]. The van der Waals surface area contributed by atoms with Crippen LogP contribution >= 0.6 is 0 Å². The summed E-state index contributed by atoms with van der Waals surface area (Å²) in [5.74, 6) is -7.30. The van der Waals surface area contributed by atoms with Gasteiger partial charge in [0.05, 0.1) is 25.7 Å². The van der Waals surface area contributed by atoms with E-state index >= 15 is 0 Å². The number of carboxylic acids is 4. The fourth-order valence-corrected chi connectivity index (χ4v) is 11.9. The average molecular weight is 1170 g/mol. The number of nitrogens with one attached hydrogen (secondary N) is 2. The molecule has 8 saturated heterocycles. The zero-order valence-electron chi connectivity index (χ0n) is 40.0. The van der Waals surface area contributed by atoms with E-state index < -0.39 is 83.8 Å². The molecular weight excluding hydrogens is 1100 g/mol. The van der Waals surface area contributed by atoms with E-state index in [1.807, 2.05) is 27.7 Å². The molecule has 11 fully saturated rings. The van der Waals surface area contributed by atoms with Crippen molar-refractivity contribution in [3.8, 4) is 0 Å². The Morgan fingerprint density at radius 1 is 0.522 bits per heavy atom. The standard InChI is InChI=1S/2C19H28O8.C6H12N2.C2H2O4.Pt/c2*1-10-4-5-13-11(2)16(23-15(22)7-6-14(20)21)24-17-19(13)12(10)8-9-18(3,25-17)26-27-19;7-5-3-1-2-4-6(5)8;3-1(4)2(5)6;/h2*10-13,16-17H,4-9H2,1-3H3,(H,20,21);5-8H,1-4H2;(H,3,4)(H,5,6);/q;;-2;;+2. The van der Waals surface area contributed by atoms with E-state index in [0.29, 0.717) is 24.7 Å². The number of hydrogen-bond acceptors (Lipinski definition) is 16. The minimum atomic E-state index is -1.82. The van der Waals surface area contributed by atoms with Crippen LogP contribution in [0.1, 0.15) is 144 Å². The Bertz CT molecular complexity index is 1720. The van der Waals surface area contributed by atoms with Crippen molar-refractivity contribution in [2.24, 2.45) is 47.3 Å². The number of hydrogen-bond donors (Lipinski definition) is 4. The second-order valence-electron chi connectivity index (χ2n) is 20.4. The van der Waals surface area contributed by atoms with Gasteiger partial charge in [0.15, 0.2) is 23.8 Å². The summed E-state index contributed by atoms with van der Waals surface area (Å²) in [5.41, 5.74) is 13.2. The molecule has 69 heavy (non-hydrogen) atoms. The molecule has 11 aliphatic rings. The van der Waals surface area contributed by atoms with Crippen LogP contribution in [-0.4, -0.2) is 116 Å². The van der Waals surface area contributed by atoms with Gasteiger partial charge in [-0.2, -0.15) is 12.1 Å². The van der Waals surface area contributed by atoms with Gasteiger partial charge in [-0.15, -0.1) is 0 Å². The molecule has 2 spiro atoms. The van der Waals surface area contributed by atoms with Gasteiger partial charge in [-0.1, -0.05) is 53.4 Å². The number of fused-ring (bicyclic) bond motifs is 4. The topological polar surface area (TPSA) is 323 Å². The number of carbonyl (C=O) groups excluding carboxylic acids is 2. The van der Waals surface area contributed by atoms with Gasteiger partial charge in [0.1, 0.15) is 0 Å². The molecule has 11 rings (SSSR count). The number of rotatable bonds is 8. The first-order valence-corrected chi connectivity index (χ1v) is 24.1. The second kappa shape index (κ2) is 23.3. The van der Waals surface area contributed by atoms with Gasteiger partial charge in [-0.25, -0.2) is 29.1 Å². The Morgan fingerprint density at radius 2 is 0.884 bits per heavy atom. The summed E-state index contributed by atoms with van der Waals surface area (Å²) < 4.78 is 35.6. The average Bonchev–Trinajstić information content (AvgIpc) is 3.66. The molecule has 0 aromatic carbocycles. The first kappa shape index (κ1) is 57.0. The van der Waals surface area contributed by atoms with Crippen molar-refractivity contribution in [1.29, 1.82) is 0 Å². The smallest absolute Gasteiger partial charge is 0.676 e. The first-order chi connectivity index (χ1) is 31.9. The maximum atomic E-state index is 12.1. The van der Waals surface area contributed by atoms with E-state index in [1.54, 1.807) is 0 Å². The molecule has 22 nitrogen and oxygen atoms in total. The largest absolute Gasteiger partial charge is 2.00 e. The maximum Gasteiger partial charge on any atom is 2.00 e. The molecule has 3 aliphatic carbocycles. The predicted octanol–water partition coefficient (Wildman–Crippen LogP) is 6.76. The minimum Gasteiger partial charge on any atom is -0.676 e. The fraction of sp³-hybridized carbons (Fsp3) is 0.870. The molecule has 394 valence electrons. The monoisotopic (exact) mass is 1170 g/mol. The van der Waals surface area contributed by atoms with E-state index in [9.17, 15) is 19.2 Å². The van der Waals surface area contributed by atoms with Gasteiger partial charge in [0, 0.05) is 36.5 Å². The van der Waals surface area contributed by atoms with Crippen molar-refractivity contribution in [3.63, 3.8) is 0 Å².